The van der Waals surface area contributed by atoms with E-state index in [1.807, 2.05) is 0 Å². The lowest BCUT2D eigenvalue weighted by molar-refractivity contribution is 0.113. The zero-order valence-corrected chi connectivity index (χ0v) is 10.8. The lowest BCUT2D eigenvalue weighted by Gasteiger charge is -2.40. The highest BCUT2D eigenvalue weighted by molar-refractivity contribution is 4.97. The number of rotatable bonds is 5. The Morgan fingerprint density at radius 1 is 1.38 bits per heavy atom. The first-order valence-corrected chi connectivity index (χ1v) is 6.82. The largest absolute Gasteiger partial charge is 0.314 e. The van der Waals surface area contributed by atoms with E-state index in [0.717, 1.165) is 31.0 Å². The van der Waals surface area contributed by atoms with Gasteiger partial charge in [-0.25, -0.2) is 0 Å². The molecule has 2 nitrogen and oxygen atoms in total. The highest BCUT2D eigenvalue weighted by Crippen LogP contribution is 2.39. The van der Waals surface area contributed by atoms with Gasteiger partial charge in [0.25, 0.3) is 0 Å². The summed E-state index contributed by atoms with van der Waals surface area (Å²) in [6, 6.07) is 2.38. The molecule has 0 aromatic rings. The SMILES string of the molecule is C=CCC(NCC)C1CC2CCC(C1)N2C. The van der Waals surface area contributed by atoms with E-state index < -0.39 is 0 Å². The van der Waals surface area contributed by atoms with Crippen LogP contribution in [0.5, 0.6) is 0 Å². The van der Waals surface area contributed by atoms with Crippen molar-refractivity contribution in [2.24, 2.45) is 5.92 Å². The van der Waals surface area contributed by atoms with Crippen LogP contribution in [-0.4, -0.2) is 36.6 Å². The lowest BCUT2D eigenvalue weighted by Crippen LogP contribution is -2.46. The molecule has 0 amide bonds. The van der Waals surface area contributed by atoms with Crippen molar-refractivity contribution in [3.63, 3.8) is 0 Å². The number of nitrogens with zero attached hydrogens (tertiary/aromatic N) is 1. The Morgan fingerprint density at radius 3 is 2.50 bits per heavy atom. The van der Waals surface area contributed by atoms with Crippen LogP contribution in [0.15, 0.2) is 12.7 Å². The fourth-order valence-corrected chi connectivity index (χ4v) is 3.67. The highest BCUT2D eigenvalue weighted by atomic mass is 15.2. The van der Waals surface area contributed by atoms with Crippen molar-refractivity contribution in [2.45, 2.75) is 57.2 Å². The molecule has 2 saturated heterocycles. The fourth-order valence-electron chi connectivity index (χ4n) is 3.67. The first-order valence-electron chi connectivity index (χ1n) is 6.82. The van der Waals surface area contributed by atoms with E-state index >= 15 is 0 Å². The first kappa shape index (κ1) is 12.1. The lowest BCUT2D eigenvalue weighted by atomic mass is 9.84. The zero-order valence-electron chi connectivity index (χ0n) is 10.8. The molecule has 3 atom stereocenters. The standard InChI is InChI=1S/C14H26N2/c1-4-6-14(15-5-2)11-9-12-7-8-13(10-11)16(12)3/h4,11-15H,1,5-10H2,2-3H3. The maximum Gasteiger partial charge on any atom is 0.0131 e. The van der Waals surface area contributed by atoms with E-state index in [0.29, 0.717) is 6.04 Å². The zero-order chi connectivity index (χ0) is 11.5. The van der Waals surface area contributed by atoms with Crippen LogP contribution in [0.1, 0.15) is 39.0 Å². The predicted octanol–water partition coefficient (Wildman–Crippen LogP) is 2.41. The van der Waals surface area contributed by atoms with Crippen molar-refractivity contribution in [1.29, 1.82) is 0 Å². The van der Waals surface area contributed by atoms with Crippen molar-refractivity contribution >= 4 is 0 Å². The molecule has 2 aliphatic rings. The third kappa shape index (κ3) is 2.33. The van der Waals surface area contributed by atoms with Crippen LogP contribution in [0.3, 0.4) is 0 Å². The van der Waals surface area contributed by atoms with Crippen molar-refractivity contribution < 1.29 is 0 Å². The van der Waals surface area contributed by atoms with Crippen LogP contribution in [-0.2, 0) is 0 Å². The Labute approximate surface area is 100 Å². The molecule has 2 fully saturated rings. The van der Waals surface area contributed by atoms with E-state index in [2.05, 4.69) is 36.8 Å². The molecular formula is C14H26N2. The molecule has 3 unspecified atom stereocenters. The van der Waals surface area contributed by atoms with Gasteiger partial charge in [-0.1, -0.05) is 13.0 Å². The van der Waals surface area contributed by atoms with Crippen LogP contribution in [0.4, 0.5) is 0 Å². The smallest absolute Gasteiger partial charge is 0.0131 e. The maximum atomic E-state index is 3.90. The Kier molecular flexibility index (Phi) is 4.04. The van der Waals surface area contributed by atoms with E-state index in [9.17, 15) is 0 Å². The topological polar surface area (TPSA) is 15.3 Å². The van der Waals surface area contributed by atoms with Crippen LogP contribution in [0.25, 0.3) is 0 Å². The normalized spacial score (nSPS) is 36.2. The molecule has 0 radical (unpaired) electrons. The third-order valence-corrected chi connectivity index (χ3v) is 4.59. The number of piperidine rings is 1. The Morgan fingerprint density at radius 2 is 2.00 bits per heavy atom. The summed E-state index contributed by atoms with van der Waals surface area (Å²) in [5.41, 5.74) is 0. The monoisotopic (exact) mass is 222 g/mol. The second kappa shape index (κ2) is 5.33. The van der Waals surface area contributed by atoms with Gasteiger partial charge >= 0.3 is 0 Å². The molecule has 0 saturated carbocycles. The predicted molar refractivity (Wildman–Crippen MR) is 69.6 cm³/mol. The summed E-state index contributed by atoms with van der Waals surface area (Å²) in [5, 5.41) is 3.65. The van der Waals surface area contributed by atoms with E-state index in [-0.39, 0.29) is 0 Å². The highest BCUT2D eigenvalue weighted by Gasteiger charge is 2.40. The molecule has 2 aliphatic heterocycles. The van der Waals surface area contributed by atoms with Gasteiger partial charge in [0.15, 0.2) is 0 Å². The Bertz CT molecular complexity index is 225. The van der Waals surface area contributed by atoms with E-state index in [4.69, 9.17) is 0 Å². The fraction of sp³-hybridized carbons (Fsp3) is 0.857. The number of hydrogen-bond donors (Lipinski definition) is 1. The molecule has 0 spiro atoms. The molecule has 1 N–H and O–H groups in total. The summed E-state index contributed by atoms with van der Waals surface area (Å²) in [4.78, 5) is 2.62. The summed E-state index contributed by atoms with van der Waals surface area (Å²) < 4.78 is 0. The van der Waals surface area contributed by atoms with Crippen LogP contribution >= 0.6 is 0 Å². The molecule has 0 aromatic heterocycles. The molecule has 0 aliphatic carbocycles. The summed E-state index contributed by atoms with van der Waals surface area (Å²) in [7, 11) is 2.31. The van der Waals surface area contributed by atoms with Gasteiger partial charge in [-0.05, 0) is 51.6 Å². The molecular weight excluding hydrogens is 196 g/mol. The van der Waals surface area contributed by atoms with Gasteiger partial charge in [0, 0.05) is 18.1 Å². The minimum atomic E-state index is 0.666. The van der Waals surface area contributed by atoms with E-state index in [1.54, 1.807) is 0 Å². The summed E-state index contributed by atoms with van der Waals surface area (Å²) >= 11 is 0. The minimum absolute atomic E-state index is 0.666. The molecule has 2 rings (SSSR count). The molecule has 2 heteroatoms. The van der Waals surface area contributed by atoms with Crippen molar-refractivity contribution in [3.05, 3.63) is 12.7 Å². The van der Waals surface area contributed by atoms with Crippen molar-refractivity contribution in [1.82, 2.24) is 10.2 Å². The van der Waals surface area contributed by atoms with Gasteiger partial charge in [0.2, 0.25) is 0 Å². The average molecular weight is 222 g/mol. The van der Waals surface area contributed by atoms with Gasteiger partial charge in [-0.15, -0.1) is 6.58 Å². The van der Waals surface area contributed by atoms with Crippen LogP contribution in [0, 0.1) is 5.92 Å². The average Bonchev–Trinajstić information content (AvgIpc) is 2.53. The van der Waals surface area contributed by atoms with E-state index in [1.165, 1.54) is 25.7 Å². The summed E-state index contributed by atoms with van der Waals surface area (Å²) in [5.74, 6) is 0.867. The second-order valence-electron chi connectivity index (χ2n) is 5.47. The third-order valence-electron chi connectivity index (χ3n) is 4.59. The second-order valence-corrected chi connectivity index (χ2v) is 5.47. The van der Waals surface area contributed by atoms with Gasteiger partial charge < -0.3 is 10.2 Å². The number of nitrogens with one attached hydrogen (secondary N) is 1. The van der Waals surface area contributed by atoms with Gasteiger partial charge in [0.05, 0.1) is 0 Å². The molecule has 16 heavy (non-hydrogen) atoms. The first-order chi connectivity index (χ1) is 7.76. The summed E-state index contributed by atoms with van der Waals surface area (Å²) in [6.45, 7) is 7.19. The van der Waals surface area contributed by atoms with Gasteiger partial charge in [-0.3, -0.25) is 0 Å². The van der Waals surface area contributed by atoms with Crippen molar-refractivity contribution in [3.8, 4) is 0 Å². The molecule has 2 bridgehead atoms. The van der Waals surface area contributed by atoms with Crippen LogP contribution < -0.4 is 5.32 Å². The minimum Gasteiger partial charge on any atom is -0.314 e. The Balaban J connectivity index is 1.96. The Hall–Kier alpha value is -0.340. The molecule has 92 valence electrons. The van der Waals surface area contributed by atoms with Crippen LogP contribution in [0.2, 0.25) is 0 Å². The molecule has 2 heterocycles. The molecule has 0 aromatic carbocycles. The number of hydrogen-bond acceptors (Lipinski definition) is 2. The quantitative estimate of drug-likeness (QED) is 0.719. The summed E-state index contributed by atoms with van der Waals surface area (Å²) in [6.07, 6.45) is 8.82. The van der Waals surface area contributed by atoms with Gasteiger partial charge in [0.1, 0.15) is 0 Å². The van der Waals surface area contributed by atoms with Gasteiger partial charge in [-0.2, -0.15) is 0 Å². The van der Waals surface area contributed by atoms with Crippen molar-refractivity contribution in [2.75, 3.05) is 13.6 Å². The number of fused-ring (bicyclic) bond motifs is 2. The maximum absolute atomic E-state index is 3.90.